The van der Waals surface area contributed by atoms with Crippen LogP contribution in [0.25, 0.3) is 0 Å². The van der Waals surface area contributed by atoms with E-state index in [0.29, 0.717) is 12.5 Å². The molecule has 17 heavy (non-hydrogen) atoms. The Bertz CT molecular complexity index is 380. The molecule has 0 fully saturated rings. The maximum Gasteiger partial charge on any atom is 0.209 e. The minimum Gasteiger partial charge on any atom is -0.324 e. The van der Waals surface area contributed by atoms with Gasteiger partial charge >= 0.3 is 0 Å². The molecule has 1 aromatic rings. The molecule has 0 aliphatic heterocycles. The molecule has 0 aliphatic carbocycles. The highest BCUT2D eigenvalue weighted by Gasteiger charge is 1.98. The SMILES string of the molecule is CCCCCN=C(NC#N)Nc1cccnc1. The summed E-state index contributed by atoms with van der Waals surface area (Å²) in [6.07, 6.45) is 8.58. The normalized spacial score (nSPS) is 10.7. The van der Waals surface area contributed by atoms with Crippen LogP contribution in [-0.2, 0) is 0 Å². The highest BCUT2D eigenvalue weighted by Crippen LogP contribution is 2.02. The molecule has 0 aromatic carbocycles. The third-order valence-corrected chi connectivity index (χ3v) is 2.13. The second kappa shape index (κ2) is 8.11. The first kappa shape index (κ1) is 13.0. The fourth-order valence-corrected chi connectivity index (χ4v) is 1.29. The molecular formula is C12H17N5. The Morgan fingerprint density at radius 1 is 1.53 bits per heavy atom. The smallest absolute Gasteiger partial charge is 0.209 e. The first-order valence-electron chi connectivity index (χ1n) is 5.73. The summed E-state index contributed by atoms with van der Waals surface area (Å²) in [4.78, 5) is 8.27. The number of anilines is 1. The number of hydrogen-bond acceptors (Lipinski definition) is 3. The predicted molar refractivity (Wildman–Crippen MR) is 68.4 cm³/mol. The zero-order valence-electron chi connectivity index (χ0n) is 9.98. The van der Waals surface area contributed by atoms with Crippen LogP contribution in [0.15, 0.2) is 29.5 Å². The lowest BCUT2D eigenvalue weighted by Crippen LogP contribution is -2.27. The molecule has 0 saturated heterocycles. The van der Waals surface area contributed by atoms with Gasteiger partial charge in [-0.3, -0.25) is 15.3 Å². The third-order valence-electron chi connectivity index (χ3n) is 2.13. The van der Waals surface area contributed by atoms with Crippen molar-refractivity contribution in [2.75, 3.05) is 11.9 Å². The molecule has 0 aliphatic rings. The number of pyridine rings is 1. The summed E-state index contributed by atoms with van der Waals surface area (Å²) in [5.41, 5.74) is 0.810. The van der Waals surface area contributed by atoms with Crippen LogP contribution in [-0.4, -0.2) is 17.5 Å². The quantitative estimate of drug-likeness (QED) is 0.267. The topological polar surface area (TPSA) is 73.1 Å². The summed E-state index contributed by atoms with van der Waals surface area (Å²) in [6.45, 7) is 2.86. The van der Waals surface area contributed by atoms with E-state index >= 15 is 0 Å². The molecule has 5 heteroatoms. The van der Waals surface area contributed by atoms with Crippen LogP contribution in [0, 0.1) is 11.5 Å². The Kier molecular flexibility index (Phi) is 6.19. The van der Waals surface area contributed by atoms with Crippen LogP contribution in [0.2, 0.25) is 0 Å². The molecule has 0 atom stereocenters. The predicted octanol–water partition coefficient (Wildman–Crippen LogP) is 2.11. The van der Waals surface area contributed by atoms with Gasteiger partial charge in [-0.25, -0.2) is 0 Å². The lowest BCUT2D eigenvalue weighted by molar-refractivity contribution is 0.727. The number of nitriles is 1. The summed E-state index contributed by atoms with van der Waals surface area (Å²) in [6, 6.07) is 3.69. The van der Waals surface area contributed by atoms with Crippen molar-refractivity contribution < 1.29 is 0 Å². The number of aromatic nitrogens is 1. The van der Waals surface area contributed by atoms with Crippen LogP contribution in [0.4, 0.5) is 5.69 Å². The zero-order chi connectivity index (χ0) is 12.3. The van der Waals surface area contributed by atoms with Crippen LogP contribution < -0.4 is 10.6 Å². The van der Waals surface area contributed by atoms with Crippen molar-refractivity contribution in [1.29, 1.82) is 5.26 Å². The van der Waals surface area contributed by atoms with E-state index in [2.05, 4.69) is 27.5 Å². The average molecular weight is 231 g/mol. The number of guanidine groups is 1. The monoisotopic (exact) mass is 231 g/mol. The fraction of sp³-hybridized carbons (Fsp3) is 0.417. The molecule has 0 spiro atoms. The number of aliphatic imine (C=N–C) groups is 1. The first-order chi connectivity index (χ1) is 8.36. The molecule has 0 unspecified atom stereocenters. The van der Waals surface area contributed by atoms with E-state index in [1.54, 1.807) is 12.4 Å². The Morgan fingerprint density at radius 3 is 3.06 bits per heavy atom. The standard InChI is InChI=1S/C12H17N5/c1-2-3-4-8-15-12(16-10-13)17-11-6-5-7-14-9-11/h5-7,9H,2-4,8H2,1H3,(H2,15,16,17). The Labute approximate surface area is 102 Å². The summed E-state index contributed by atoms with van der Waals surface area (Å²) in [5, 5.41) is 14.2. The van der Waals surface area contributed by atoms with Crippen molar-refractivity contribution in [2.45, 2.75) is 26.2 Å². The number of rotatable bonds is 5. The van der Waals surface area contributed by atoms with E-state index in [0.717, 1.165) is 24.9 Å². The highest BCUT2D eigenvalue weighted by molar-refractivity contribution is 5.94. The second-order valence-corrected chi connectivity index (χ2v) is 3.54. The number of nitrogens with one attached hydrogen (secondary N) is 2. The van der Waals surface area contributed by atoms with Crippen molar-refractivity contribution >= 4 is 11.6 Å². The average Bonchev–Trinajstić information content (AvgIpc) is 2.36. The highest BCUT2D eigenvalue weighted by atomic mass is 15.2. The molecule has 0 amide bonds. The lowest BCUT2D eigenvalue weighted by atomic mass is 10.2. The Hall–Kier alpha value is -2.09. The molecule has 1 heterocycles. The second-order valence-electron chi connectivity index (χ2n) is 3.54. The number of hydrogen-bond donors (Lipinski definition) is 2. The van der Waals surface area contributed by atoms with Crippen LogP contribution >= 0.6 is 0 Å². The van der Waals surface area contributed by atoms with E-state index < -0.39 is 0 Å². The van der Waals surface area contributed by atoms with Gasteiger partial charge in [-0.15, -0.1) is 0 Å². The molecule has 5 nitrogen and oxygen atoms in total. The van der Waals surface area contributed by atoms with E-state index in [9.17, 15) is 0 Å². The Morgan fingerprint density at radius 2 is 2.41 bits per heavy atom. The first-order valence-corrected chi connectivity index (χ1v) is 5.73. The van der Waals surface area contributed by atoms with Crippen LogP contribution in [0.1, 0.15) is 26.2 Å². The van der Waals surface area contributed by atoms with Gasteiger partial charge in [-0.1, -0.05) is 19.8 Å². The Balaban J connectivity index is 2.51. The van der Waals surface area contributed by atoms with E-state index in [1.165, 1.54) is 0 Å². The van der Waals surface area contributed by atoms with Gasteiger partial charge in [0.15, 0.2) is 6.19 Å². The van der Waals surface area contributed by atoms with Gasteiger partial charge in [0.25, 0.3) is 0 Å². The van der Waals surface area contributed by atoms with Gasteiger partial charge in [0.1, 0.15) is 0 Å². The molecule has 90 valence electrons. The largest absolute Gasteiger partial charge is 0.324 e. The van der Waals surface area contributed by atoms with Crippen molar-refractivity contribution in [3.05, 3.63) is 24.5 Å². The van der Waals surface area contributed by atoms with Gasteiger partial charge in [0, 0.05) is 12.7 Å². The van der Waals surface area contributed by atoms with Crippen molar-refractivity contribution in [2.24, 2.45) is 4.99 Å². The summed E-state index contributed by atoms with van der Waals surface area (Å²) < 4.78 is 0. The minimum atomic E-state index is 0.469. The maximum atomic E-state index is 8.62. The molecule has 2 N–H and O–H groups in total. The fourth-order valence-electron chi connectivity index (χ4n) is 1.29. The van der Waals surface area contributed by atoms with Gasteiger partial charge in [0.05, 0.1) is 11.9 Å². The number of nitrogens with zero attached hydrogens (tertiary/aromatic N) is 3. The van der Waals surface area contributed by atoms with Gasteiger partial charge in [0.2, 0.25) is 5.96 Å². The minimum absolute atomic E-state index is 0.469. The van der Waals surface area contributed by atoms with Crippen molar-refractivity contribution in [1.82, 2.24) is 10.3 Å². The molecule has 1 aromatic heterocycles. The van der Waals surface area contributed by atoms with Gasteiger partial charge in [-0.05, 0) is 18.6 Å². The summed E-state index contributed by atoms with van der Waals surface area (Å²) in [5.74, 6) is 0.469. The van der Waals surface area contributed by atoms with Crippen LogP contribution in [0.5, 0.6) is 0 Å². The molecule has 0 bridgehead atoms. The van der Waals surface area contributed by atoms with Crippen molar-refractivity contribution in [3.8, 4) is 6.19 Å². The van der Waals surface area contributed by atoms with Gasteiger partial charge in [-0.2, -0.15) is 5.26 Å². The lowest BCUT2D eigenvalue weighted by Gasteiger charge is -2.07. The molecule has 1 rings (SSSR count). The summed E-state index contributed by atoms with van der Waals surface area (Å²) in [7, 11) is 0. The maximum absolute atomic E-state index is 8.62. The summed E-state index contributed by atoms with van der Waals surface area (Å²) >= 11 is 0. The number of unbranched alkanes of at least 4 members (excludes halogenated alkanes) is 2. The van der Waals surface area contributed by atoms with E-state index in [4.69, 9.17) is 5.26 Å². The van der Waals surface area contributed by atoms with Gasteiger partial charge < -0.3 is 5.32 Å². The van der Waals surface area contributed by atoms with Crippen molar-refractivity contribution in [3.63, 3.8) is 0 Å². The molecule has 0 radical (unpaired) electrons. The third kappa shape index (κ3) is 5.52. The van der Waals surface area contributed by atoms with E-state index in [-0.39, 0.29) is 0 Å². The van der Waals surface area contributed by atoms with E-state index in [1.807, 2.05) is 18.3 Å². The van der Waals surface area contributed by atoms with Crippen LogP contribution in [0.3, 0.4) is 0 Å². The molecular weight excluding hydrogens is 214 g/mol. The molecule has 0 saturated carbocycles. The zero-order valence-corrected chi connectivity index (χ0v) is 9.98.